The quantitative estimate of drug-likeness (QED) is 0.244. The molecule has 7 rings (SSSR count). The van der Waals surface area contributed by atoms with Crippen molar-refractivity contribution in [1.29, 1.82) is 0 Å². The van der Waals surface area contributed by atoms with Crippen LogP contribution in [0.5, 0.6) is 5.75 Å². The Kier molecular flexibility index (Phi) is 5.39. The number of hydrogen-bond donors (Lipinski definition) is 0. The zero-order valence-corrected chi connectivity index (χ0v) is 21.9. The molecule has 1 fully saturated rings. The number of benzene rings is 4. The topological polar surface area (TPSA) is 66.9 Å². The van der Waals surface area contributed by atoms with E-state index >= 15 is 0 Å². The first-order valence-corrected chi connectivity index (χ1v) is 13.7. The lowest BCUT2D eigenvalue weighted by Gasteiger charge is -2.59. The van der Waals surface area contributed by atoms with Gasteiger partial charge in [0.05, 0.1) is 23.9 Å². The largest absolute Gasteiger partial charge is 0.497 e. The second-order valence-corrected chi connectivity index (χ2v) is 11.2. The second-order valence-electron chi connectivity index (χ2n) is 9.94. The third kappa shape index (κ3) is 3.32. The van der Waals surface area contributed by atoms with E-state index in [9.17, 15) is 14.4 Å². The van der Waals surface area contributed by atoms with Crippen LogP contribution in [0, 0.1) is 0 Å². The molecule has 0 N–H and O–H groups in total. The number of thioether (sulfide) groups is 1. The molecule has 3 aliphatic rings. The molecule has 7 heteroatoms. The van der Waals surface area contributed by atoms with Gasteiger partial charge < -0.3 is 4.74 Å². The molecule has 0 spiro atoms. The summed E-state index contributed by atoms with van der Waals surface area (Å²) < 4.78 is 5.39. The Hall–Kier alpha value is -4.36. The molecule has 4 aromatic rings. The van der Waals surface area contributed by atoms with Crippen LogP contribution in [0.25, 0.3) is 0 Å². The number of hydrogen-bond acceptors (Lipinski definition) is 5. The van der Waals surface area contributed by atoms with Crippen LogP contribution in [0.4, 0.5) is 5.69 Å². The van der Waals surface area contributed by atoms with E-state index in [1.54, 1.807) is 43.1 Å². The van der Waals surface area contributed by atoms with Gasteiger partial charge in [0.25, 0.3) is 17.7 Å². The molecule has 192 valence electrons. The monoisotopic (exact) mass is 532 g/mol. The van der Waals surface area contributed by atoms with Gasteiger partial charge in [-0.1, -0.05) is 66.7 Å². The molecular formula is C32H24N2O4S. The van der Waals surface area contributed by atoms with Crippen molar-refractivity contribution in [1.82, 2.24) is 4.90 Å². The zero-order chi connectivity index (χ0) is 26.7. The van der Waals surface area contributed by atoms with E-state index < -0.39 is 23.4 Å². The summed E-state index contributed by atoms with van der Waals surface area (Å²) in [6.07, 6.45) is 0.506. The second kappa shape index (κ2) is 8.85. The summed E-state index contributed by atoms with van der Waals surface area (Å²) in [4.78, 5) is 45.6. The smallest absolute Gasteiger partial charge is 0.262 e. The Morgan fingerprint density at radius 1 is 0.769 bits per heavy atom. The Bertz CT molecular complexity index is 1600. The Balaban J connectivity index is 1.44. The highest BCUT2D eigenvalue weighted by Crippen LogP contribution is 2.60. The third-order valence-corrected chi connectivity index (χ3v) is 9.35. The molecule has 0 radical (unpaired) electrons. The van der Waals surface area contributed by atoms with Gasteiger partial charge in [0.1, 0.15) is 17.3 Å². The number of imide groups is 1. The number of methoxy groups -OCH3 is 1. The number of rotatable bonds is 4. The molecule has 1 saturated heterocycles. The van der Waals surface area contributed by atoms with Crippen molar-refractivity contribution < 1.29 is 19.1 Å². The van der Waals surface area contributed by atoms with Gasteiger partial charge in [-0.25, -0.2) is 0 Å². The van der Waals surface area contributed by atoms with Crippen LogP contribution in [-0.2, 0) is 10.3 Å². The van der Waals surface area contributed by atoms with E-state index in [4.69, 9.17) is 4.74 Å². The molecule has 0 aromatic heterocycles. The molecular weight excluding hydrogens is 508 g/mol. The van der Waals surface area contributed by atoms with Gasteiger partial charge in [-0.05, 0) is 53.9 Å². The van der Waals surface area contributed by atoms with Crippen LogP contribution in [0.2, 0.25) is 0 Å². The number of para-hydroxylation sites is 1. The summed E-state index contributed by atoms with van der Waals surface area (Å²) in [6.45, 7) is 0. The van der Waals surface area contributed by atoms with E-state index in [-0.39, 0.29) is 11.2 Å². The maximum atomic E-state index is 14.2. The van der Waals surface area contributed by atoms with Gasteiger partial charge in [-0.2, -0.15) is 0 Å². The van der Waals surface area contributed by atoms with Gasteiger partial charge in [0.2, 0.25) is 0 Å². The van der Waals surface area contributed by atoms with Crippen LogP contribution in [-0.4, -0.2) is 35.8 Å². The number of fused-ring (bicyclic) bond motifs is 4. The first-order chi connectivity index (χ1) is 19.0. The first-order valence-electron chi connectivity index (χ1n) is 12.8. The molecule has 3 atom stereocenters. The molecule has 4 aromatic carbocycles. The van der Waals surface area contributed by atoms with E-state index in [1.165, 1.54) is 4.90 Å². The standard InChI is InChI=1S/C32H24N2O4S/c1-38-22-17-15-20(16-18-22)27-19-32(21-9-3-2-4-10-21)28(31(37)34(32)25-13-7-8-14-26(25)39-27)33-29(35)23-11-5-6-12-24(23)30(33)36/h2-18,27-28H,19H2,1H3. The minimum atomic E-state index is -0.972. The van der Waals surface area contributed by atoms with Crippen LogP contribution in [0.1, 0.15) is 43.5 Å². The minimum absolute atomic E-state index is 0.0620. The van der Waals surface area contributed by atoms with Gasteiger partial charge in [0, 0.05) is 10.1 Å². The molecule has 3 aliphatic heterocycles. The summed E-state index contributed by atoms with van der Waals surface area (Å²) in [5, 5.41) is -0.0620. The lowest BCUT2D eigenvalue weighted by molar-refractivity contribution is -0.136. The van der Waals surface area contributed by atoms with E-state index in [0.717, 1.165) is 27.5 Å². The van der Waals surface area contributed by atoms with E-state index in [2.05, 4.69) is 0 Å². The SMILES string of the molecule is COc1ccc(C2CC3(c4ccccc4)C(N4C(=O)c5ccccc5C4=O)C(=O)N3c3ccccc3S2)cc1. The predicted molar refractivity (Wildman–Crippen MR) is 149 cm³/mol. The number of anilines is 1. The van der Waals surface area contributed by atoms with Crippen molar-refractivity contribution in [2.45, 2.75) is 28.1 Å². The van der Waals surface area contributed by atoms with Gasteiger partial charge in [-0.15, -0.1) is 11.8 Å². The number of amides is 3. The average Bonchev–Trinajstić information content (AvgIpc) is 3.14. The lowest BCUT2D eigenvalue weighted by Crippen LogP contribution is -2.78. The van der Waals surface area contributed by atoms with Crippen molar-refractivity contribution in [2.24, 2.45) is 0 Å². The molecule has 0 saturated carbocycles. The third-order valence-electron chi connectivity index (χ3n) is 8.02. The number of carbonyl (C=O) groups is 3. The molecule has 3 unspecified atom stereocenters. The Morgan fingerprint density at radius 2 is 1.38 bits per heavy atom. The summed E-state index contributed by atoms with van der Waals surface area (Å²) >= 11 is 1.70. The number of carbonyl (C=O) groups excluding carboxylic acids is 3. The molecule has 0 aliphatic carbocycles. The Labute approximate surface area is 230 Å². The van der Waals surface area contributed by atoms with Crippen molar-refractivity contribution in [3.63, 3.8) is 0 Å². The highest BCUT2D eigenvalue weighted by molar-refractivity contribution is 7.99. The fourth-order valence-corrected chi connectivity index (χ4v) is 7.61. The summed E-state index contributed by atoms with van der Waals surface area (Å²) in [5.74, 6) is -0.332. The molecule has 39 heavy (non-hydrogen) atoms. The molecule has 3 heterocycles. The van der Waals surface area contributed by atoms with Crippen LogP contribution >= 0.6 is 11.8 Å². The van der Waals surface area contributed by atoms with Crippen LogP contribution in [0.15, 0.2) is 108 Å². The molecule has 6 nitrogen and oxygen atoms in total. The number of ether oxygens (including phenoxy) is 1. The van der Waals surface area contributed by atoms with Gasteiger partial charge in [0.15, 0.2) is 0 Å². The van der Waals surface area contributed by atoms with E-state index in [1.807, 2.05) is 83.8 Å². The molecule has 0 bridgehead atoms. The fraction of sp³-hybridized carbons (Fsp3) is 0.156. The average molecular weight is 533 g/mol. The maximum Gasteiger partial charge on any atom is 0.262 e. The van der Waals surface area contributed by atoms with Gasteiger partial charge >= 0.3 is 0 Å². The van der Waals surface area contributed by atoms with Crippen molar-refractivity contribution in [2.75, 3.05) is 12.0 Å². The van der Waals surface area contributed by atoms with Crippen molar-refractivity contribution in [3.8, 4) is 5.75 Å². The predicted octanol–water partition coefficient (Wildman–Crippen LogP) is 5.84. The first kappa shape index (κ1) is 23.7. The summed E-state index contributed by atoms with van der Waals surface area (Å²) in [7, 11) is 1.64. The highest BCUT2D eigenvalue weighted by atomic mass is 32.2. The van der Waals surface area contributed by atoms with Crippen molar-refractivity contribution >= 4 is 35.2 Å². The normalized spacial score (nSPS) is 23.5. The fourth-order valence-electron chi connectivity index (χ4n) is 6.24. The lowest BCUT2D eigenvalue weighted by atomic mass is 9.68. The van der Waals surface area contributed by atoms with E-state index in [0.29, 0.717) is 17.5 Å². The molecule has 3 amide bonds. The number of β-lactam (4-membered cyclic amide) rings is 1. The maximum absolute atomic E-state index is 14.2. The Morgan fingerprint density at radius 3 is 2.05 bits per heavy atom. The van der Waals surface area contributed by atoms with Crippen molar-refractivity contribution in [3.05, 3.63) is 125 Å². The zero-order valence-electron chi connectivity index (χ0n) is 21.1. The van der Waals surface area contributed by atoms with Gasteiger partial charge in [-0.3, -0.25) is 24.2 Å². The minimum Gasteiger partial charge on any atom is -0.497 e. The van der Waals surface area contributed by atoms with Crippen LogP contribution in [0.3, 0.4) is 0 Å². The highest BCUT2D eigenvalue weighted by Gasteiger charge is 2.68. The van der Waals surface area contributed by atoms with Crippen LogP contribution < -0.4 is 9.64 Å². The summed E-state index contributed by atoms with van der Waals surface area (Å²) in [6, 6.07) is 31.5. The number of nitrogens with zero attached hydrogens (tertiary/aromatic N) is 2. The summed E-state index contributed by atoms with van der Waals surface area (Å²) in [5.41, 5.74) is 2.49.